The minimum atomic E-state index is -1.16. The molecule has 1 saturated heterocycles. The lowest BCUT2D eigenvalue weighted by Crippen LogP contribution is -2.55. The molecule has 0 unspecified atom stereocenters. The van der Waals surface area contributed by atoms with E-state index < -0.39 is 24.0 Å². The lowest BCUT2D eigenvalue weighted by Gasteiger charge is -2.23. The van der Waals surface area contributed by atoms with Gasteiger partial charge in [0.2, 0.25) is 11.8 Å². The maximum atomic E-state index is 12.9. The molecule has 9 nitrogen and oxygen atoms in total. The van der Waals surface area contributed by atoms with Crippen molar-refractivity contribution >= 4 is 17.8 Å². The number of nitrogens with one attached hydrogen (secondary N) is 4. The molecule has 154 valence electrons. The first-order chi connectivity index (χ1) is 14.0. The number of rotatable bonds is 9. The molecule has 29 heavy (non-hydrogen) atoms. The third-order valence-electron chi connectivity index (χ3n) is 4.89. The van der Waals surface area contributed by atoms with Crippen molar-refractivity contribution in [3.8, 4) is 0 Å². The van der Waals surface area contributed by atoms with Crippen molar-refractivity contribution in [2.75, 3.05) is 6.54 Å². The average molecular weight is 399 g/mol. The van der Waals surface area contributed by atoms with E-state index in [-0.39, 0.29) is 24.8 Å². The monoisotopic (exact) mass is 399 g/mol. The van der Waals surface area contributed by atoms with Crippen LogP contribution in [0.3, 0.4) is 0 Å². The summed E-state index contributed by atoms with van der Waals surface area (Å²) >= 11 is 0. The van der Waals surface area contributed by atoms with Crippen molar-refractivity contribution in [2.45, 2.75) is 43.8 Å². The highest BCUT2D eigenvalue weighted by atomic mass is 16.4. The Bertz CT molecular complexity index is 819. The molecule has 1 fully saturated rings. The summed E-state index contributed by atoms with van der Waals surface area (Å²) in [6, 6.07) is 6.94. The van der Waals surface area contributed by atoms with Crippen molar-refractivity contribution in [1.82, 2.24) is 25.9 Å². The molecule has 9 heteroatoms. The summed E-state index contributed by atoms with van der Waals surface area (Å²) in [6.45, 7) is 0.763. The van der Waals surface area contributed by atoms with Gasteiger partial charge in [-0.3, -0.25) is 9.59 Å². The fourth-order valence-corrected chi connectivity index (χ4v) is 3.33. The highest BCUT2D eigenvalue weighted by Gasteiger charge is 2.30. The number of carbonyl (C=O) groups excluding carboxylic acids is 2. The number of hydrogen-bond acceptors (Lipinski definition) is 5. The molecule has 0 saturated carbocycles. The molecule has 1 aromatic heterocycles. The van der Waals surface area contributed by atoms with E-state index in [1.807, 2.05) is 30.3 Å². The van der Waals surface area contributed by atoms with Crippen LogP contribution in [0.25, 0.3) is 0 Å². The summed E-state index contributed by atoms with van der Waals surface area (Å²) in [5.74, 6) is -1.94. The zero-order valence-corrected chi connectivity index (χ0v) is 15.9. The number of benzene rings is 1. The van der Waals surface area contributed by atoms with Crippen LogP contribution < -0.4 is 16.0 Å². The summed E-state index contributed by atoms with van der Waals surface area (Å²) in [4.78, 5) is 43.8. The van der Waals surface area contributed by atoms with Crippen molar-refractivity contribution in [1.29, 1.82) is 0 Å². The van der Waals surface area contributed by atoms with Gasteiger partial charge in [-0.05, 0) is 24.9 Å². The number of nitrogens with zero attached hydrogens (tertiary/aromatic N) is 1. The summed E-state index contributed by atoms with van der Waals surface area (Å²) in [5, 5.41) is 17.9. The molecule has 2 aromatic rings. The van der Waals surface area contributed by atoms with E-state index >= 15 is 0 Å². The normalized spacial score (nSPS) is 18.0. The van der Waals surface area contributed by atoms with E-state index in [9.17, 15) is 19.5 Å². The number of carboxylic acid groups (broad SMARTS) is 1. The SMILES string of the molecule is O=C(O)[C@H](Cc1cnc[nH]1)NC(=O)[C@H](Cc1ccccc1)NC(=O)[C@@H]1CCCN1. The Morgan fingerprint density at radius 2 is 1.93 bits per heavy atom. The maximum absolute atomic E-state index is 12.9. The van der Waals surface area contributed by atoms with Crippen LogP contribution in [-0.4, -0.2) is 57.5 Å². The number of imidazole rings is 1. The Labute approximate surface area is 168 Å². The predicted molar refractivity (Wildman–Crippen MR) is 105 cm³/mol. The summed E-state index contributed by atoms with van der Waals surface area (Å²) in [6.07, 6.45) is 4.90. The molecule has 3 rings (SSSR count). The second-order valence-corrected chi connectivity index (χ2v) is 7.08. The number of aromatic nitrogens is 2. The zero-order valence-electron chi connectivity index (χ0n) is 15.9. The largest absolute Gasteiger partial charge is 0.480 e. The van der Waals surface area contributed by atoms with Gasteiger partial charge in [0.05, 0.1) is 12.4 Å². The van der Waals surface area contributed by atoms with E-state index in [1.54, 1.807) is 0 Å². The van der Waals surface area contributed by atoms with E-state index in [0.29, 0.717) is 12.1 Å². The fraction of sp³-hybridized carbons (Fsp3) is 0.400. The molecule has 0 spiro atoms. The Morgan fingerprint density at radius 3 is 2.55 bits per heavy atom. The molecule has 0 aliphatic carbocycles. The highest BCUT2D eigenvalue weighted by Crippen LogP contribution is 2.09. The summed E-state index contributed by atoms with van der Waals surface area (Å²) in [7, 11) is 0. The molecule has 1 aliphatic heterocycles. The Kier molecular flexibility index (Phi) is 6.96. The van der Waals surface area contributed by atoms with Crippen LogP contribution in [0.5, 0.6) is 0 Å². The molecule has 2 amide bonds. The smallest absolute Gasteiger partial charge is 0.326 e. The van der Waals surface area contributed by atoms with Gasteiger partial charge in [0, 0.05) is 24.7 Å². The Morgan fingerprint density at radius 1 is 1.14 bits per heavy atom. The lowest BCUT2D eigenvalue weighted by atomic mass is 10.0. The Hall–Kier alpha value is -3.20. The van der Waals surface area contributed by atoms with Gasteiger partial charge < -0.3 is 26.0 Å². The molecular weight excluding hydrogens is 374 g/mol. The first-order valence-electron chi connectivity index (χ1n) is 9.61. The number of H-pyrrole nitrogens is 1. The Balaban J connectivity index is 1.70. The van der Waals surface area contributed by atoms with Gasteiger partial charge in [0.1, 0.15) is 12.1 Å². The number of amides is 2. The van der Waals surface area contributed by atoms with Crippen LogP contribution in [0, 0.1) is 0 Å². The quantitative estimate of drug-likeness (QED) is 0.403. The minimum Gasteiger partial charge on any atom is -0.480 e. The minimum absolute atomic E-state index is 0.0667. The van der Waals surface area contributed by atoms with Crippen LogP contribution in [0.1, 0.15) is 24.1 Å². The topological polar surface area (TPSA) is 136 Å². The third kappa shape index (κ3) is 5.89. The zero-order chi connectivity index (χ0) is 20.6. The fourth-order valence-electron chi connectivity index (χ4n) is 3.33. The van der Waals surface area contributed by atoms with Gasteiger partial charge in [-0.2, -0.15) is 0 Å². The van der Waals surface area contributed by atoms with Gasteiger partial charge in [-0.15, -0.1) is 0 Å². The van der Waals surface area contributed by atoms with Gasteiger partial charge in [-0.1, -0.05) is 30.3 Å². The van der Waals surface area contributed by atoms with Crippen LogP contribution in [-0.2, 0) is 27.2 Å². The molecule has 1 aromatic carbocycles. The molecule has 1 aliphatic rings. The predicted octanol–water partition coefficient (Wildman–Crippen LogP) is 0.00110. The van der Waals surface area contributed by atoms with Gasteiger partial charge in [0.25, 0.3) is 0 Å². The third-order valence-corrected chi connectivity index (χ3v) is 4.89. The van der Waals surface area contributed by atoms with Crippen LogP contribution >= 0.6 is 0 Å². The molecule has 0 radical (unpaired) electrons. The van der Waals surface area contributed by atoms with Gasteiger partial charge in [-0.25, -0.2) is 9.78 Å². The lowest BCUT2D eigenvalue weighted by molar-refractivity contribution is -0.142. The van der Waals surface area contributed by atoms with Crippen LogP contribution in [0.2, 0.25) is 0 Å². The molecule has 2 heterocycles. The molecular formula is C20H25N5O4. The summed E-state index contributed by atoms with van der Waals surface area (Å²) in [5.41, 5.74) is 1.46. The first-order valence-corrected chi connectivity index (χ1v) is 9.61. The second-order valence-electron chi connectivity index (χ2n) is 7.08. The maximum Gasteiger partial charge on any atom is 0.326 e. The van der Waals surface area contributed by atoms with Crippen molar-refractivity contribution < 1.29 is 19.5 Å². The van der Waals surface area contributed by atoms with E-state index in [1.165, 1.54) is 12.5 Å². The van der Waals surface area contributed by atoms with Gasteiger partial charge in [0.15, 0.2) is 0 Å². The second kappa shape index (κ2) is 9.83. The number of aliphatic carboxylic acids is 1. The number of aromatic amines is 1. The number of carbonyl (C=O) groups is 3. The first kappa shape index (κ1) is 20.5. The van der Waals surface area contributed by atoms with Crippen molar-refractivity contribution in [2.24, 2.45) is 0 Å². The van der Waals surface area contributed by atoms with Crippen LogP contribution in [0.4, 0.5) is 0 Å². The molecule has 3 atom stereocenters. The van der Waals surface area contributed by atoms with Crippen molar-refractivity contribution in [3.05, 3.63) is 54.1 Å². The highest BCUT2D eigenvalue weighted by molar-refractivity contribution is 5.92. The average Bonchev–Trinajstić information content (AvgIpc) is 3.41. The number of carboxylic acids is 1. The van der Waals surface area contributed by atoms with E-state index in [4.69, 9.17) is 0 Å². The van der Waals surface area contributed by atoms with Gasteiger partial charge >= 0.3 is 5.97 Å². The van der Waals surface area contributed by atoms with Crippen LogP contribution in [0.15, 0.2) is 42.9 Å². The standard InChI is InChI=1S/C20H25N5O4/c26-18(15-7-4-8-22-15)24-16(9-13-5-2-1-3-6-13)19(27)25-17(20(28)29)10-14-11-21-12-23-14/h1-3,5-6,11-12,15-17,22H,4,7-10H2,(H,21,23)(H,24,26)(H,25,27)(H,28,29)/t15-,16-,17-/m0/s1. The van der Waals surface area contributed by atoms with Crippen molar-refractivity contribution in [3.63, 3.8) is 0 Å². The number of hydrogen-bond donors (Lipinski definition) is 5. The van der Waals surface area contributed by atoms with E-state index in [2.05, 4.69) is 25.9 Å². The van der Waals surface area contributed by atoms with E-state index in [0.717, 1.165) is 18.5 Å². The molecule has 0 bridgehead atoms. The molecule has 5 N–H and O–H groups in total. The summed E-state index contributed by atoms with van der Waals surface area (Å²) < 4.78 is 0.